The van der Waals surface area contributed by atoms with Crippen molar-refractivity contribution in [1.29, 1.82) is 10.5 Å². The Balaban J connectivity index is 2.31. The fourth-order valence-corrected chi connectivity index (χ4v) is 3.12. The Labute approximate surface area is 210 Å². The van der Waals surface area contributed by atoms with E-state index in [2.05, 4.69) is 9.69 Å². The SMILES string of the molecule is [C-]#[N+]C(C#N)=c1cc(Oc2cccc(C(F)(F)F)c2)c(=C(C#N)[N+]#[C-])cc1Oc1cccc(C(F)(F)F)c1. The smallest absolute Gasteiger partial charge is 0.416 e. The Bertz CT molecular complexity index is 1540. The second-order valence-corrected chi connectivity index (χ2v) is 7.24. The van der Waals surface area contributed by atoms with Crippen LogP contribution in [0.5, 0.6) is 23.0 Å². The van der Waals surface area contributed by atoms with Crippen LogP contribution in [0.15, 0.2) is 60.7 Å². The third-order valence-electron chi connectivity index (χ3n) is 4.81. The predicted octanol–water partition coefficient (Wildman–Crippen LogP) is 6.41. The zero-order valence-corrected chi connectivity index (χ0v) is 18.6. The van der Waals surface area contributed by atoms with Gasteiger partial charge in [0.1, 0.15) is 23.0 Å². The highest BCUT2D eigenvalue weighted by atomic mass is 19.4. The van der Waals surface area contributed by atoms with Gasteiger partial charge in [-0.1, -0.05) is 12.1 Å². The molecule has 0 spiro atoms. The maximum atomic E-state index is 13.1. The number of hydrogen-bond acceptors (Lipinski definition) is 4. The quantitative estimate of drug-likeness (QED) is 0.292. The van der Waals surface area contributed by atoms with Gasteiger partial charge in [-0.05, 0) is 48.5 Å². The Morgan fingerprint density at radius 1 is 0.658 bits per heavy atom. The number of benzene rings is 3. The Hall–Kier alpha value is -5.46. The summed E-state index contributed by atoms with van der Waals surface area (Å²) in [4.78, 5) is 6.11. The van der Waals surface area contributed by atoms with E-state index in [1.807, 2.05) is 0 Å². The normalized spacial score (nSPS) is 12.7. The molecule has 0 saturated carbocycles. The first-order valence-electron chi connectivity index (χ1n) is 10.1. The minimum absolute atomic E-state index is 0.298. The van der Waals surface area contributed by atoms with E-state index in [-0.39, 0.29) is 33.4 Å². The Kier molecular flexibility index (Phi) is 7.61. The molecule has 3 aromatic rings. The van der Waals surface area contributed by atoms with Gasteiger partial charge in [0.25, 0.3) is 11.4 Å². The highest BCUT2D eigenvalue weighted by molar-refractivity contribution is 5.72. The molecule has 0 aliphatic rings. The summed E-state index contributed by atoms with van der Waals surface area (Å²) in [5, 5.41) is 18.2. The van der Waals surface area contributed by atoms with Crippen LogP contribution in [0.4, 0.5) is 26.3 Å². The summed E-state index contributed by atoms with van der Waals surface area (Å²) in [6.45, 7) is 14.6. The molecule has 12 heteroatoms. The lowest BCUT2D eigenvalue weighted by atomic mass is 10.1. The highest BCUT2D eigenvalue weighted by Crippen LogP contribution is 2.34. The van der Waals surface area contributed by atoms with E-state index in [0.717, 1.165) is 36.4 Å². The molecule has 0 unspecified atom stereocenters. The summed E-state index contributed by atoms with van der Waals surface area (Å²) in [5.41, 5.74) is -3.31. The molecule has 0 atom stereocenters. The van der Waals surface area contributed by atoms with Crippen molar-refractivity contribution in [1.82, 2.24) is 0 Å². The first kappa shape index (κ1) is 27.1. The van der Waals surface area contributed by atoms with E-state index >= 15 is 0 Å². The molecule has 6 nitrogen and oxygen atoms in total. The number of alkyl halides is 6. The van der Waals surface area contributed by atoms with E-state index in [9.17, 15) is 36.9 Å². The number of ether oxygens (including phenoxy) is 2. The van der Waals surface area contributed by atoms with E-state index in [1.54, 1.807) is 12.1 Å². The minimum atomic E-state index is -4.71. The summed E-state index contributed by atoms with van der Waals surface area (Å²) in [6, 6.07) is 12.5. The van der Waals surface area contributed by atoms with Gasteiger partial charge in [-0.15, -0.1) is 0 Å². The topological polar surface area (TPSA) is 74.8 Å². The molecule has 3 aromatic carbocycles. The molecular formula is C26H10F6N4O2. The van der Waals surface area contributed by atoms with Crippen molar-refractivity contribution in [2.24, 2.45) is 0 Å². The summed E-state index contributed by atoms with van der Waals surface area (Å²) >= 11 is 0. The highest BCUT2D eigenvalue weighted by Gasteiger charge is 2.31. The van der Waals surface area contributed by atoms with E-state index in [0.29, 0.717) is 12.1 Å². The average Bonchev–Trinajstić information content (AvgIpc) is 2.87. The summed E-state index contributed by atoms with van der Waals surface area (Å²) in [6.07, 6.45) is -9.41. The van der Waals surface area contributed by atoms with Gasteiger partial charge in [0.2, 0.25) is 0 Å². The van der Waals surface area contributed by atoms with Crippen molar-refractivity contribution in [3.8, 4) is 35.1 Å². The summed E-state index contributed by atoms with van der Waals surface area (Å²) in [5.74, 6) is -1.44. The van der Waals surface area contributed by atoms with Crippen LogP contribution in [0, 0.1) is 35.8 Å². The molecule has 0 heterocycles. The van der Waals surface area contributed by atoms with Gasteiger partial charge in [-0.2, -0.15) is 26.3 Å². The maximum Gasteiger partial charge on any atom is 0.416 e. The molecule has 188 valence electrons. The monoisotopic (exact) mass is 524 g/mol. The van der Waals surface area contributed by atoms with Crippen molar-refractivity contribution in [2.75, 3.05) is 0 Å². The number of nitriles is 2. The predicted molar refractivity (Wildman–Crippen MR) is 120 cm³/mol. The lowest BCUT2D eigenvalue weighted by Crippen LogP contribution is -2.18. The zero-order chi connectivity index (χ0) is 28.1. The second kappa shape index (κ2) is 10.7. The molecule has 0 radical (unpaired) electrons. The van der Waals surface area contributed by atoms with E-state index in [1.165, 1.54) is 12.1 Å². The lowest BCUT2D eigenvalue weighted by molar-refractivity contribution is -0.138. The first-order valence-corrected chi connectivity index (χ1v) is 10.1. The van der Waals surface area contributed by atoms with Crippen molar-refractivity contribution in [3.63, 3.8) is 0 Å². The number of rotatable bonds is 4. The Morgan fingerprint density at radius 2 is 1.03 bits per heavy atom. The molecule has 3 rings (SSSR count). The van der Waals surface area contributed by atoms with Gasteiger partial charge in [-0.3, -0.25) is 0 Å². The molecular weight excluding hydrogens is 514 g/mol. The largest absolute Gasteiger partial charge is 0.458 e. The third kappa shape index (κ3) is 6.02. The molecule has 0 aliphatic carbocycles. The van der Waals surface area contributed by atoms with E-state index < -0.39 is 34.9 Å². The zero-order valence-electron chi connectivity index (χ0n) is 18.6. The van der Waals surface area contributed by atoms with Crippen molar-refractivity contribution in [2.45, 2.75) is 12.4 Å². The molecule has 38 heavy (non-hydrogen) atoms. The number of halogens is 6. The van der Waals surface area contributed by atoms with Crippen LogP contribution in [0.3, 0.4) is 0 Å². The first-order chi connectivity index (χ1) is 17.9. The maximum absolute atomic E-state index is 13.1. The molecule has 0 aromatic heterocycles. The second-order valence-electron chi connectivity index (χ2n) is 7.24. The Morgan fingerprint density at radius 3 is 1.32 bits per heavy atom. The van der Waals surface area contributed by atoms with Crippen LogP contribution in [-0.2, 0) is 12.4 Å². The van der Waals surface area contributed by atoms with Crippen LogP contribution in [0.25, 0.3) is 21.1 Å². The van der Waals surface area contributed by atoms with Gasteiger partial charge >= 0.3 is 12.4 Å². The lowest BCUT2D eigenvalue weighted by Gasteiger charge is -2.14. The molecule has 0 N–H and O–H groups in total. The summed E-state index contributed by atoms with van der Waals surface area (Å²) < 4.78 is 89.9. The van der Waals surface area contributed by atoms with Gasteiger partial charge in [0.05, 0.1) is 36.4 Å². The van der Waals surface area contributed by atoms with Crippen LogP contribution in [-0.4, -0.2) is 0 Å². The standard InChI is InChI=1S/C26H10F6N4O2/c1-35-21(13-33)19-11-24(38-18-8-4-6-16(10-18)26(30,31)32)20(22(14-34)36-2)12-23(19)37-17-7-3-5-15(9-17)25(27,28)29/h3-12H. The molecule has 0 bridgehead atoms. The van der Waals surface area contributed by atoms with Crippen LogP contribution in [0.2, 0.25) is 0 Å². The number of nitrogens with zero attached hydrogens (tertiary/aromatic N) is 4. The number of hydrogen-bond donors (Lipinski definition) is 0. The summed E-state index contributed by atoms with van der Waals surface area (Å²) in [7, 11) is 0. The van der Waals surface area contributed by atoms with Crippen LogP contribution in [0.1, 0.15) is 11.1 Å². The van der Waals surface area contributed by atoms with Gasteiger partial charge in [-0.25, -0.2) is 20.2 Å². The minimum Gasteiger partial charge on any atom is -0.458 e. The van der Waals surface area contributed by atoms with Gasteiger partial charge in [0.15, 0.2) is 0 Å². The van der Waals surface area contributed by atoms with Crippen molar-refractivity contribution < 1.29 is 35.8 Å². The average molecular weight is 524 g/mol. The molecule has 0 saturated heterocycles. The fraction of sp³-hybridized carbons (Fsp3) is 0.0769. The van der Waals surface area contributed by atoms with Crippen molar-refractivity contribution in [3.05, 3.63) is 105 Å². The molecule has 0 amide bonds. The molecule has 0 fully saturated rings. The van der Waals surface area contributed by atoms with Gasteiger partial charge in [0, 0.05) is 10.4 Å². The van der Waals surface area contributed by atoms with Crippen LogP contribution < -0.4 is 19.9 Å². The van der Waals surface area contributed by atoms with Crippen molar-refractivity contribution >= 4 is 11.4 Å². The third-order valence-corrected chi connectivity index (χ3v) is 4.81. The van der Waals surface area contributed by atoms with E-state index in [4.69, 9.17) is 22.6 Å². The van der Waals surface area contributed by atoms with Gasteiger partial charge < -0.3 is 9.47 Å². The fourth-order valence-electron chi connectivity index (χ4n) is 3.12. The van der Waals surface area contributed by atoms with Crippen LogP contribution >= 0.6 is 0 Å². The molecule has 0 aliphatic heterocycles.